The van der Waals surface area contributed by atoms with Gasteiger partial charge in [-0.15, -0.1) is 0 Å². The molecule has 2 atom stereocenters. The molecule has 116 valence electrons. The first-order chi connectivity index (χ1) is 10.1. The maximum absolute atomic E-state index is 6.38. The summed E-state index contributed by atoms with van der Waals surface area (Å²) in [6.45, 7) is 7.69. The fourth-order valence-electron chi connectivity index (χ4n) is 3.32. The van der Waals surface area contributed by atoms with Crippen molar-refractivity contribution in [3.63, 3.8) is 0 Å². The Bertz CT molecular complexity index is 500. The number of halogens is 2. The van der Waals surface area contributed by atoms with Gasteiger partial charge in [0.1, 0.15) is 0 Å². The SMILES string of the molecule is CC(C)C1CN(Cc2cccc(Cl)c2Cl)C(C2CC2)CN1. The van der Waals surface area contributed by atoms with Crippen molar-refractivity contribution in [2.45, 2.75) is 45.3 Å². The Hall–Kier alpha value is -0.280. The first kappa shape index (κ1) is 15.6. The summed E-state index contributed by atoms with van der Waals surface area (Å²) in [5.74, 6) is 1.52. The highest BCUT2D eigenvalue weighted by Gasteiger charge is 2.39. The lowest BCUT2D eigenvalue weighted by atomic mass is 9.97. The molecule has 21 heavy (non-hydrogen) atoms. The lowest BCUT2D eigenvalue weighted by Crippen LogP contribution is -2.58. The number of nitrogens with one attached hydrogen (secondary N) is 1. The smallest absolute Gasteiger partial charge is 0.0637 e. The highest BCUT2D eigenvalue weighted by atomic mass is 35.5. The van der Waals surface area contributed by atoms with Gasteiger partial charge in [-0.05, 0) is 36.3 Å². The van der Waals surface area contributed by atoms with Gasteiger partial charge >= 0.3 is 0 Å². The maximum atomic E-state index is 6.38. The van der Waals surface area contributed by atoms with Crippen molar-refractivity contribution in [3.8, 4) is 0 Å². The van der Waals surface area contributed by atoms with E-state index in [1.54, 1.807) is 0 Å². The quantitative estimate of drug-likeness (QED) is 0.891. The molecular formula is C17H24Cl2N2. The van der Waals surface area contributed by atoms with E-state index in [1.807, 2.05) is 12.1 Å². The Balaban J connectivity index is 1.77. The van der Waals surface area contributed by atoms with Gasteiger partial charge in [0.25, 0.3) is 0 Å². The van der Waals surface area contributed by atoms with Crippen molar-refractivity contribution in [1.82, 2.24) is 10.2 Å². The standard InChI is InChI=1S/C17H24Cl2N2/c1-11(2)15-10-21(16(8-20-15)12-6-7-12)9-13-4-3-5-14(18)17(13)19/h3-5,11-12,15-16,20H,6-10H2,1-2H3. The van der Waals surface area contributed by atoms with Crippen molar-refractivity contribution in [2.75, 3.05) is 13.1 Å². The van der Waals surface area contributed by atoms with Gasteiger partial charge in [-0.25, -0.2) is 0 Å². The molecule has 0 aromatic heterocycles. The monoisotopic (exact) mass is 326 g/mol. The molecular weight excluding hydrogens is 303 g/mol. The van der Waals surface area contributed by atoms with E-state index in [9.17, 15) is 0 Å². The van der Waals surface area contributed by atoms with Crippen molar-refractivity contribution in [2.24, 2.45) is 11.8 Å². The normalized spacial score (nSPS) is 27.3. The first-order valence-electron chi connectivity index (χ1n) is 7.96. The third-order valence-electron chi connectivity index (χ3n) is 4.87. The zero-order valence-electron chi connectivity index (χ0n) is 12.8. The van der Waals surface area contributed by atoms with Gasteiger partial charge < -0.3 is 5.32 Å². The second-order valence-corrected chi connectivity index (χ2v) is 7.59. The molecule has 2 aliphatic rings. The van der Waals surface area contributed by atoms with E-state index < -0.39 is 0 Å². The van der Waals surface area contributed by atoms with Crippen LogP contribution >= 0.6 is 23.2 Å². The summed E-state index contributed by atoms with van der Waals surface area (Å²) < 4.78 is 0. The van der Waals surface area contributed by atoms with Crippen LogP contribution in [-0.4, -0.2) is 30.1 Å². The van der Waals surface area contributed by atoms with Gasteiger partial charge in [0.2, 0.25) is 0 Å². The summed E-state index contributed by atoms with van der Waals surface area (Å²) >= 11 is 12.5. The number of rotatable bonds is 4. The molecule has 1 aliphatic carbocycles. The Morgan fingerprint density at radius 3 is 2.71 bits per heavy atom. The van der Waals surface area contributed by atoms with Crippen LogP contribution in [-0.2, 0) is 6.54 Å². The van der Waals surface area contributed by atoms with Gasteiger partial charge in [0.15, 0.2) is 0 Å². The minimum absolute atomic E-state index is 0.568. The molecule has 0 spiro atoms. The van der Waals surface area contributed by atoms with E-state index in [-0.39, 0.29) is 0 Å². The van der Waals surface area contributed by atoms with Crippen LogP contribution in [0.1, 0.15) is 32.3 Å². The molecule has 1 saturated carbocycles. The van der Waals surface area contributed by atoms with E-state index in [1.165, 1.54) is 12.8 Å². The number of piperazine rings is 1. The second-order valence-electron chi connectivity index (χ2n) is 6.81. The second kappa shape index (κ2) is 6.45. The summed E-state index contributed by atoms with van der Waals surface area (Å²) in [5.41, 5.74) is 1.15. The summed E-state index contributed by atoms with van der Waals surface area (Å²) in [7, 11) is 0. The van der Waals surface area contributed by atoms with E-state index in [2.05, 4.69) is 30.1 Å². The Labute approximate surface area is 137 Å². The first-order valence-corrected chi connectivity index (χ1v) is 8.72. The van der Waals surface area contributed by atoms with E-state index >= 15 is 0 Å². The molecule has 2 nitrogen and oxygen atoms in total. The summed E-state index contributed by atoms with van der Waals surface area (Å²) in [4.78, 5) is 2.62. The highest BCUT2D eigenvalue weighted by Crippen LogP contribution is 2.38. The predicted octanol–water partition coefficient (Wildman–Crippen LogP) is 4.20. The Kier molecular flexibility index (Phi) is 4.80. The lowest BCUT2D eigenvalue weighted by molar-refractivity contribution is 0.0927. The summed E-state index contributed by atoms with van der Waals surface area (Å²) in [6.07, 6.45) is 2.75. The van der Waals surface area contributed by atoms with Crippen LogP contribution in [0.3, 0.4) is 0 Å². The maximum Gasteiger partial charge on any atom is 0.0637 e. The topological polar surface area (TPSA) is 15.3 Å². The van der Waals surface area contributed by atoms with Crippen LogP contribution < -0.4 is 5.32 Å². The van der Waals surface area contributed by atoms with Crippen molar-refractivity contribution >= 4 is 23.2 Å². The Morgan fingerprint density at radius 1 is 1.29 bits per heavy atom. The van der Waals surface area contributed by atoms with Gasteiger partial charge in [-0.1, -0.05) is 49.2 Å². The molecule has 1 aromatic carbocycles. The van der Waals surface area contributed by atoms with Crippen LogP contribution in [0.5, 0.6) is 0 Å². The molecule has 3 rings (SSSR count). The number of hydrogen-bond donors (Lipinski definition) is 1. The third-order valence-corrected chi connectivity index (χ3v) is 5.72. The summed E-state index contributed by atoms with van der Waals surface area (Å²) in [6, 6.07) is 7.18. The average molecular weight is 327 g/mol. The van der Waals surface area contributed by atoms with Crippen LogP contribution in [0, 0.1) is 11.8 Å². The molecule has 1 saturated heterocycles. The number of hydrogen-bond acceptors (Lipinski definition) is 2. The molecule has 0 radical (unpaired) electrons. The third kappa shape index (κ3) is 3.56. The van der Waals surface area contributed by atoms with Gasteiger partial charge in [0.05, 0.1) is 10.0 Å². The molecule has 1 aromatic rings. The van der Waals surface area contributed by atoms with E-state index in [0.29, 0.717) is 28.0 Å². The van der Waals surface area contributed by atoms with Gasteiger partial charge in [0, 0.05) is 31.7 Å². The average Bonchev–Trinajstić information content (AvgIpc) is 3.28. The van der Waals surface area contributed by atoms with Crippen LogP contribution in [0.2, 0.25) is 10.0 Å². The fourth-order valence-corrected chi connectivity index (χ4v) is 3.70. The molecule has 4 heteroatoms. The molecule has 2 fully saturated rings. The number of nitrogens with zero attached hydrogens (tertiary/aromatic N) is 1. The molecule has 0 bridgehead atoms. The van der Waals surface area contributed by atoms with Gasteiger partial charge in [-0.2, -0.15) is 0 Å². The van der Waals surface area contributed by atoms with Gasteiger partial charge in [-0.3, -0.25) is 4.90 Å². The van der Waals surface area contributed by atoms with Crippen LogP contribution in [0.4, 0.5) is 0 Å². The molecule has 1 N–H and O–H groups in total. The van der Waals surface area contributed by atoms with E-state index in [4.69, 9.17) is 23.2 Å². The minimum Gasteiger partial charge on any atom is -0.311 e. The zero-order valence-corrected chi connectivity index (χ0v) is 14.3. The largest absolute Gasteiger partial charge is 0.311 e. The molecule has 0 amide bonds. The van der Waals surface area contributed by atoms with Crippen LogP contribution in [0.15, 0.2) is 18.2 Å². The van der Waals surface area contributed by atoms with E-state index in [0.717, 1.165) is 31.1 Å². The Morgan fingerprint density at radius 2 is 2.05 bits per heavy atom. The zero-order chi connectivity index (χ0) is 15.0. The highest BCUT2D eigenvalue weighted by molar-refractivity contribution is 6.42. The predicted molar refractivity (Wildman–Crippen MR) is 90.0 cm³/mol. The fraction of sp³-hybridized carbons (Fsp3) is 0.647. The molecule has 2 unspecified atom stereocenters. The minimum atomic E-state index is 0.568. The number of benzene rings is 1. The van der Waals surface area contributed by atoms with Crippen molar-refractivity contribution in [1.29, 1.82) is 0 Å². The van der Waals surface area contributed by atoms with Crippen LogP contribution in [0.25, 0.3) is 0 Å². The summed E-state index contributed by atoms with van der Waals surface area (Å²) in [5, 5.41) is 5.11. The van der Waals surface area contributed by atoms with Crippen molar-refractivity contribution < 1.29 is 0 Å². The van der Waals surface area contributed by atoms with Crippen molar-refractivity contribution in [3.05, 3.63) is 33.8 Å². The molecule has 1 heterocycles. The lowest BCUT2D eigenvalue weighted by Gasteiger charge is -2.42. The molecule has 1 aliphatic heterocycles.